The zero-order valence-electron chi connectivity index (χ0n) is 13.0. The van der Waals surface area contributed by atoms with Crippen molar-refractivity contribution >= 4 is 61.4 Å². The first-order chi connectivity index (χ1) is 12.4. The van der Waals surface area contributed by atoms with Gasteiger partial charge in [-0.25, -0.2) is 4.98 Å². The Hall–Kier alpha value is -2.28. The van der Waals surface area contributed by atoms with E-state index in [4.69, 9.17) is 4.98 Å². The lowest BCUT2D eigenvalue weighted by Crippen LogP contribution is -1.86. The molecule has 0 saturated heterocycles. The molecule has 3 nitrogen and oxygen atoms in total. The Morgan fingerprint density at radius 2 is 1.96 bits per heavy atom. The fourth-order valence-electron chi connectivity index (χ4n) is 2.77. The number of benzene rings is 2. The normalized spacial score (nSPS) is 11.4. The van der Waals surface area contributed by atoms with Crippen LogP contribution in [0.25, 0.3) is 31.8 Å². The molecule has 0 aliphatic rings. The molecule has 2 N–H and O–H groups in total. The van der Waals surface area contributed by atoms with Crippen LogP contribution in [-0.4, -0.2) is 9.97 Å². The van der Waals surface area contributed by atoms with Crippen LogP contribution >= 0.6 is 34.6 Å². The van der Waals surface area contributed by atoms with E-state index in [9.17, 15) is 0 Å². The molecular weight excluding hydrogens is 366 g/mol. The minimum absolute atomic E-state index is 1.02. The number of nitrogens with zero attached hydrogens (tertiary/aromatic N) is 1. The summed E-state index contributed by atoms with van der Waals surface area (Å²) in [7, 11) is 0. The van der Waals surface area contributed by atoms with Crippen LogP contribution in [-0.2, 0) is 0 Å². The van der Waals surface area contributed by atoms with E-state index in [1.807, 2.05) is 6.07 Å². The van der Waals surface area contributed by atoms with Gasteiger partial charge in [-0.3, -0.25) is 0 Å². The van der Waals surface area contributed by atoms with Gasteiger partial charge in [0.1, 0.15) is 5.01 Å². The standard InChI is InChI=1S/C19H13N3S3/c1-2-8-16-13(6-1)21-19(24-16)15-11-12-5-3-7-14(18(12)20-15)22-25-17-9-4-10-23-17/h1-11,20,22H. The van der Waals surface area contributed by atoms with Crippen molar-refractivity contribution < 1.29 is 0 Å². The number of hydrogen-bond donors (Lipinski definition) is 2. The topological polar surface area (TPSA) is 40.7 Å². The molecule has 0 aliphatic carbocycles. The van der Waals surface area contributed by atoms with E-state index in [-0.39, 0.29) is 0 Å². The number of aromatic amines is 1. The van der Waals surface area contributed by atoms with Gasteiger partial charge in [-0.2, -0.15) is 0 Å². The molecule has 0 atom stereocenters. The number of anilines is 1. The van der Waals surface area contributed by atoms with Gasteiger partial charge in [0.25, 0.3) is 0 Å². The summed E-state index contributed by atoms with van der Waals surface area (Å²) >= 11 is 5.09. The lowest BCUT2D eigenvalue weighted by molar-refractivity contribution is 1.40. The number of fused-ring (bicyclic) bond motifs is 2. The summed E-state index contributed by atoms with van der Waals surface area (Å²) in [5, 5.41) is 4.30. The summed E-state index contributed by atoms with van der Waals surface area (Å²) in [6.45, 7) is 0. The Labute approximate surface area is 156 Å². The summed E-state index contributed by atoms with van der Waals surface area (Å²) in [6, 6.07) is 20.9. The van der Waals surface area contributed by atoms with Gasteiger partial charge in [0, 0.05) is 5.39 Å². The van der Waals surface area contributed by atoms with E-state index in [1.165, 1.54) is 14.3 Å². The average molecular weight is 380 g/mol. The second-order valence-electron chi connectivity index (χ2n) is 5.58. The molecule has 0 fully saturated rings. The summed E-state index contributed by atoms with van der Waals surface area (Å²) in [6.07, 6.45) is 0. The van der Waals surface area contributed by atoms with Crippen LogP contribution in [0, 0.1) is 0 Å². The van der Waals surface area contributed by atoms with E-state index >= 15 is 0 Å². The third-order valence-corrected chi connectivity index (χ3v) is 6.87. The van der Waals surface area contributed by atoms with Crippen LogP contribution in [0.15, 0.2) is 70.3 Å². The first-order valence-corrected chi connectivity index (χ1v) is 10.3. The first kappa shape index (κ1) is 15.0. The molecule has 0 bridgehead atoms. The molecule has 25 heavy (non-hydrogen) atoms. The number of H-pyrrole nitrogens is 1. The fourth-order valence-corrected chi connectivity index (χ4v) is 5.17. The predicted molar refractivity (Wildman–Crippen MR) is 111 cm³/mol. The Bertz CT molecular complexity index is 1120. The SMILES string of the molecule is c1csc(SNc2cccc3cc(-c4nc5ccccc5s4)[nH]c23)c1. The van der Waals surface area contributed by atoms with Crippen molar-refractivity contribution in [1.82, 2.24) is 9.97 Å². The molecule has 0 aliphatic heterocycles. The molecular formula is C19H13N3S3. The van der Waals surface area contributed by atoms with Crippen molar-refractivity contribution in [3.8, 4) is 10.7 Å². The number of aromatic nitrogens is 2. The molecule has 0 amide bonds. The summed E-state index contributed by atoms with van der Waals surface area (Å²) < 4.78 is 5.92. The number of para-hydroxylation sites is 2. The van der Waals surface area contributed by atoms with Gasteiger partial charge >= 0.3 is 0 Å². The van der Waals surface area contributed by atoms with Crippen molar-refractivity contribution in [2.75, 3.05) is 4.72 Å². The highest BCUT2D eigenvalue weighted by Gasteiger charge is 2.11. The van der Waals surface area contributed by atoms with E-state index in [0.717, 1.165) is 27.4 Å². The predicted octanol–water partition coefficient (Wildman–Crippen LogP) is 6.63. The largest absolute Gasteiger partial charge is 0.351 e. The summed E-state index contributed by atoms with van der Waals surface area (Å²) in [4.78, 5) is 8.30. The van der Waals surface area contributed by atoms with Crippen LogP contribution in [0.4, 0.5) is 5.69 Å². The number of hydrogen-bond acceptors (Lipinski definition) is 5. The number of thiazole rings is 1. The maximum atomic E-state index is 4.76. The van der Waals surface area contributed by atoms with Gasteiger partial charge in [0.2, 0.25) is 0 Å². The Morgan fingerprint density at radius 3 is 2.84 bits per heavy atom. The van der Waals surface area contributed by atoms with Gasteiger partial charge < -0.3 is 9.71 Å². The van der Waals surface area contributed by atoms with E-state index in [2.05, 4.69) is 69.7 Å². The maximum Gasteiger partial charge on any atom is 0.140 e. The van der Waals surface area contributed by atoms with Crippen molar-refractivity contribution in [2.45, 2.75) is 4.21 Å². The maximum absolute atomic E-state index is 4.76. The molecule has 0 radical (unpaired) electrons. The zero-order chi connectivity index (χ0) is 16.6. The highest BCUT2D eigenvalue weighted by atomic mass is 32.2. The average Bonchev–Trinajstić information content (AvgIpc) is 3.37. The van der Waals surface area contributed by atoms with Crippen molar-refractivity contribution in [1.29, 1.82) is 0 Å². The number of nitrogens with one attached hydrogen (secondary N) is 2. The smallest absolute Gasteiger partial charge is 0.140 e. The molecule has 0 spiro atoms. The summed E-state index contributed by atoms with van der Waals surface area (Å²) in [5.74, 6) is 0. The van der Waals surface area contributed by atoms with Gasteiger partial charge in [0.05, 0.1) is 31.3 Å². The second-order valence-corrected chi connectivity index (χ2v) is 8.66. The van der Waals surface area contributed by atoms with Crippen LogP contribution in [0.3, 0.4) is 0 Å². The van der Waals surface area contributed by atoms with E-state index in [0.29, 0.717) is 0 Å². The molecule has 122 valence electrons. The van der Waals surface area contributed by atoms with Gasteiger partial charge in [-0.1, -0.05) is 30.3 Å². The first-order valence-electron chi connectivity index (χ1n) is 7.81. The molecule has 2 aromatic carbocycles. The molecule has 5 aromatic rings. The van der Waals surface area contributed by atoms with Crippen molar-refractivity contribution in [3.63, 3.8) is 0 Å². The van der Waals surface area contributed by atoms with E-state index < -0.39 is 0 Å². The molecule has 3 heterocycles. The third kappa shape index (κ3) is 2.82. The molecule has 0 saturated carbocycles. The minimum atomic E-state index is 1.02. The van der Waals surface area contributed by atoms with Gasteiger partial charge in [0.15, 0.2) is 0 Å². The van der Waals surface area contributed by atoms with Crippen LogP contribution in [0.1, 0.15) is 0 Å². The van der Waals surface area contributed by atoms with Gasteiger partial charge in [-0.05, 0) is 47.7 Å². The summed E-state index contributed by atoms with van der Waals surface area (Å²) in [5.41, 5.74) is 4.31. The van der Waals surface area contributed by atoms with Crippen molar-refractivity contribution in [3.05, 3.63) is 66.0 Å². The monoisotopic (exact) mass is 379 g/mol. The van der Waals surface area contributed by atoms with Crippen LogP contribution in [0.2, 0.25) is 0 Å². The fraction of sp³-hybridized carbons (Fsp3) is 0. The van der Waals surface area contributed by atoms with Crippen LogP contribution < -0.4 is 4.72 Å². The number of thiophene rings is 1. The van der Waals surface area contributed by atoms with Crippen LogP contribution in [0.5, 0.6) is 0 Å². The van der Waals surface area contributed by atoms with Gasteiger partial charge in [-0.15, -0.1) is 22.7 Å². The second kappa shape index (κ2) is 6.22. The third-order valence-electron chi connectivity index (χ3n) is 3.94. The lowest BCUT2D eigenvalue weighted by Gasteiger charge is -2.04. The molecule has 6 heteroatoms. The highest BCUT2D eigenvalue weighted by Crippen LogP contribution is 2.35. The molecule has 0 unspecified atom stereocenters. The Morgan fingerprint density at radius 1 is 1.00 bits per heavy atom. The Balaban J connectivity index is 1.53. The number of rotatable bonds is 4. The minimum Gasteiger partial charge on any atom is -0.351 e. The highest BCUT2D eigenvalue weighted by molar-refractivity contribution is 8.02. The van der Waals surface area contributed by atoms with E-state index in [1.54, 1.807) is 34.6 Å². The lowest BCUT2D eigenvalue weighted by atomic mass is 10.2. The molecule has 3 aromatic heterocycles. The van der Waals surface area contributed by atoms with Crippen molar-refractivity contribution in [2.24, 2.45) is 0 Å². The quantitative estimate of drug-likeness (QED) is 0.345. The Kier molecular flexibility index (Phi) is 3.73. The molecule has 5 rings (SSSR count). The zero-order valence-corrected chi connectivity index (χ0v) is 15.5.